The highest BCUT2D eigenvalue weighted by Gasteiger charge is 2.23. The average Bonchev–Trinajstić information content (AvgIpc) is 3.77. The highest BCUT2D eigenvalue weighted by molar-refractivity contribution is 6.09. The Morgan fingerprint density at radius 2 is 1.67 bits per heavy atom. The second kappa shape index (κ2) is 11.2. The topological polar surface area (TPSA) is 78.8 Å². The molecule has 7 nitrogen and oxygen atoms in total. The third-order valence-electron chi connectivity index (χ3n) is 8.07. The number of amides is 1. The van der Waals surface area contributed by atoms with Crippen molar-refractivity contribution in [1.82, 2.24) is 24.8 Å². The van der Waals surface area contributed by atoms with E-state index in [0.717, 1.165) is 36.3 Å². The van der Waals surface area contributed by atoms with Gasteiger partial charge in [0.15, 0.2) is 5.82 Å². The lowest BCUT2D eigenvalue weighted by Crippen LogP contribution is -2.24. The fourth-order valence-electron chi connectivity index (χ4n) is 5.94. The number of aromatic nitrogens is 4. The number of pyridine rings is 1. The number of imidazole rings is 1. The van der Waals surface area contributed by atoms with Gasteiger partial charge in [-0.15, -0.1) is 0 Å². The van der Waals surface area contributed by atoms with Crippen LogP contribution in [0.4, 0.5) is 10.2 Å². The first-order chi connectivity index (χ1) is 21.1. The van der Waals surface area contributed by atoms with E-state index in [4.69, 9.17) is 9.97 Å². The van der Waals surface area contributed by atoms with Gasteiger partial charge in [-0.2, -0.15) is 0 Å². The van der Waals surface area contributed by atoms with Gasteiger partial charge in [-0.25, -0.2) is 14.4 Å². The molecule has 43 heavy (non-hydrogen) atoms. The summed E-state index contributed by atoms with van der Waals surface area (Å²) in [6.07, 6.45) is 5.52. The van der Waals surface area contributed by atoms with Crippen LogP contribution in [0.1, 0.15) is 33.7 Å². The molecule has 0 fully saturated rings. The lowest BCUT2D eigenvalue weighted by molar-refractivity contribution is 0.0964. The molecule has 1 aliphatic heterocycles. The number of carbonyl (C=O) groups is 1. The van der Waals surface area contributed by atoms with E-state index in [1.807, 2.05) is 54.7 Å². The van der Waals surface area contributed by atoms with E-state index in [-0.39, 0.29) is 11.7 Å². The van der Waals surface area contributed by atoms with Crippen LogP contribution in [0, 0.1) is 5.82 Å². The van der Waals surface area contributed by atoms with Gasteiger partial charge in [0.25, 0.3) is 5.91 Å². The van der Waals surface area contributed by atoms with Crippen LogP contribution in [0.25, 0.3) is 33.4 Å². The number of benzene rings is 3. The second-order valence-electron chi connectivity index (χ2n) is 10.9. The molecule has 0 saturated heterocycles. The number of hydrogen-bond acceptors (Lipinski definition) is 4. The van der Waals surface area contributed by atoms with Crippen molar-refractivity contribution in [3.8, 4) is 22.5 Å². The SMILES string of the molecule is CNC(=O)c1cnc(N(Cc2ccccc2)Cc2ccccc2)c2[nH]c(-c3cccc(-c4cn5c(n4)CCC5)c3F)cc12. The number of fused-ring (bicyclic) bond motifs is 2. The fourth-order valence-corrected chi connectivity index (χ4v) is 5.94. The molecule has 1 aliphatic rings. The van der Waals surface area contributed by atoms with Crippen LogP contribution in [0.2, 0.25) is 0 Å². The molecule has 8 heteroatoms. The maximum Gasteiger partial charge on any atom is 0.253 e. The summed E-state index contributed by atoms with van der Waals surface area (Å²) in [6.45, 7) is 2.10. The molecule has 6 aromatic rings. The van der Waals surface area contributed by atoms with E-state index in [2.05, 4.69) is 44.0 Å². The van der Waals surface area contributed by atoms with Gasteiger partial charge >= 0.3 is 0 Å². The lowest BCUT2D eigenvalue weighted by Gasteiger charge is -2.25. The average molecular weight is 571 g/mol. The number of rotatable bonds is 8. The van der Waals surface area contributed by atoms with E-state index in [1.165, 1.54) is 0 Å². The van der Waals surface area contributed by atoms with Gasteiger partial charge in [0.2, 0.25) is 0 Å². The standard InChI is InChI=1S/C35H31FN6O/c1-37-35(43)28-19-38-34(42(20-23-10-4-2-5-11-23)21-24-12-6-3-7-13-24)33-27(28)18-29(40-33)25-14-8-15-26(32(25)36)30-22-41-17-9-16-31(41)39-30/h2-8,10-15,18-19,22,40H,9,16-17,20-21H2,1H3,(H,37,43). The third-order valence-corrected chi connectivity index (χ3v) is 8.07. The van der Waals surface area contributed by atoms with Crippen LogP contribution < -0.4 is 10.2 Å². The maximum atomic E-state index is 16.2. The molecule has 4 heterocycles. The summed E-state index contributed by atoms with van der Waals surface area (Å²) in [7, 11) is 1.60. The van der Waals surface area contributed by atoms with E-state index in [0.29, 0.717) is 57.9 Å². The van der Waals surface area contributed by atoms with Gasteiger partial charge in [-0.1, -0.05) is 66.7 Å². The van der Waals surface area contributed by atoms with Crippen molar-refractivity contribution in [2.24, 2.45) is 0 Å². The number of aryl methyl sites for hydroxylation is 2. The lowest BCUT2D eigenvalue weighted by atomic mass is 10.0. The van der Waals surface area contributed by atoms with Gasteiger partial charge in [-0.3, -0.25) is 4.79 Å². The van der Waals surface area contributed by atoms with Crippen molar-refractivity contribution >= 4 is 22.6 Å². The highest BCUT2D eigenvalue weighted by atomic mass is 19.1. The Morgan fingerprint density at radius 3 is 2.35 bits per heavy atom. The number of hydrogen-bond donors (Lipinski definition) is 2. The van der Waals surface area contributed by atoms with Gasteiger partial charge in [-0.05, 0) is 35.7 Å². The van der Waals surface area contributed by atoms with Crippen molar-refractivity contribution in [3.05, 3.63) is 126 Å². The van der Waals surface area contributed by atoms with Gasteiger partial charge in [0, 0.05) is 67.7 Å². The third kappa shape index (κ3) is 5.05. The highest BCUT2D eigenvalue weighted by Crippen LogP contribution is 2.36. The number of halogens is 1. The minimum Gasteiger partial charge on any atom is -0.355 e. The van der Waals surface area contributed by atoms with Gasteiger partial charge < -0.3 is 19.8 Å². The normalized spacial score (nSPS) is 12.4. The van der Waals surface area contributed by atoms with Crippen molar-refractivity contribution in [1.29, 1.82) is 0 Å². The fraction of sp³-hybridized carbons (Fsp3) is 0.171. The van der Waals surface area contributed by atoms with Crippen LogP contribution in [0.5, 0.6) is 0 Å². The monoisotopic (exact) mass is 570 g/mol. The minimum atomic E-state index is -0.354. The molecule has 7 rings (SSSR count). The number of nitrogens with one attached hydrogen (secondary N) is 2. The van der Waals surface area contributed by atoms with Gasteiger partial charge in [0.05, 0.1) is 16.8 Å². The zero-order valence-corrected chi connectivity index (χ0v) is 23.8. The van der Waals surface area contributed by atoms with Gasteiger partial charge in [0.1, 0.15) is 11.6 Å². The van der Waals surface area contributed by atoms with E-state index in [1.54, 1.807) is 25.4 Å². The largest absolute Gasteiger partial charge is 0.355 e. The first-order valence-corrected chi connectivity index (χ1v) is 14.5. The zero-order valence-electron chi connectivity index (χ0n) is 23.8. The molecule has 0 aliphatic carbocycles. The molecule has 0 radical (unpaired) electrons. The van der Waals surface area contributed by atoms with Crippen molar-refractivity contribution in [2.75, 3.05) is 11.9 Å². The molecule has 2 N–H and O–H groups in total. The summed E-state index contributed by atoms with van der Waals surface area (Å²) in [6, 6.07) is 27.6. The summed E-state index contributed by atoms with van der Waals surface area (Å²) in [5.41, 5.74) is 5.42. The maximum absolute atomic E-state index is 16.2. The quantitative estimate of drug-likeness (QED) is 0.212. The Morgan fingerprint density at radius 1 is 0.977 bits per heavy atom. The first-order valence-electron chi connectivity index (χ1n) is 14.5. The summed E-state index contributed by atoms with van der Waals surface area (Å²) in [5.74, 6) is 1.07. The molecule has 214 valence electrons. The number of H-pyrrole nitrogens is 1. The Kier molecular flexibility index (Phi) is 6.95. The van der Waals surface area contributed by atoms with Crippen LogP contribution in [-0.2, 0) is 26.1 Å². The first kappa shape index (κ1) is 26.6. The minimum absolute atomic E-state index is 0.256. The number of carbonyl (C=O) groups excluding carboxylic acids is 1. The summed E-state index contributed by atoms with van der Waals surface area (Å²) < 4.78 is 18.3. The molecule has 1 amide bonds. The van der Waals surface area contributed by atoms with Crippen molar-refractivity contribution in [2.45, 2.75) is 32.5 Å². The molecule has 0 bridgehead atoms. The predicted octanol–water partition coefficient (Wildman–Crippen LogP) is 6.75. The molecule has 0 saturated carbocycles. The summed E-state index contributed by atoms with van der Waals surface area (Å²) in [4.78, 5) is 28.1. The Hall–Kier alpha value is -5.24. The number of nitrogens with zero attached hydrogens (tertiary/aromatic N) is 4. The van der Waals surface area contributed by atoms with Crippen LogP contribution in [-0.4, -0.2) is 32.5 Å². The molecular weight excluding hydrogens is 539 g/mol. The summed E-state index contributed by atoms with van der Waals surface area (Å²) >= 11 is 0. The smallest absolute Gasteiger partial charge is 0.253 e. The summed E-state index contributed by atoms with van der Waals surface area (Å²) in [5, 5.41) is 3.40. The molecule has 0 atom stereocenters. The van der Waals surface area contributed by atoms with E-state index < -0.39 is 0 Å². The molecule has 0 unspecified atom stereocenters. The molecule has 3 aromatic heterocycles. The van der Waals surface area contributed by atoms with Crippen molar-refractivity contribution in [3.63, 3.8) is 0 Å². The van der Waals surface area contributed by atoms with Crippen LogP contribution >= 0.6 is 0 Å². The Balaban J connectivity index is 1.36. The predicted molar refractivity (Wildman–Crippen MR) is 167 cm³/mol. The number of aromatic amines is 1. The van der Waals surface area contributed by atoms with E-state index in [9.17, 15) is 4.79 Å². The van der Waals surface area contributed by atoms with Crippen LogP contribution in [0.3, 0.4) is 0 Å². The molecule has 0 spiro atoms. The Bertz CT molecular complexity index is 1870. The second-order valence-corrected chi connectivity index (χ2v) is 10.9. The Labute approximate surface area is 249 Å². The van der Waals surface area contributed by atoms with Crippen LogP contribution in [0.15, 0.2) is 97.3 Å². The van der Waals surface area contributed by atoms with E-state index >= 15 is 4.39 Å². The zero-order chi connectivity index (χ0) is 29.3. The number of anilines is 1. The van der Waals surface area contributed by atoms with Crippen molar-refractivity contribution < 1.29 is 9.18 Å². The molecule has 3 aromatic carbocycles. The molecular formula is C35H31FN6O.